The minimum Gasteiger partial charge on any atom is -0.382 e. The van der Waals surface area contributed by atoms with Crippen LogP contribution >= 0.6 is 0 Å². The van der Waals surface area contributed by atoms with Gasteiger partial charge in [0.15, 0.2) is 0 Å². The van der Waals surface area contributed by atoms with Crippen molar-refractivity contribution < 1.29 is 4.79 Å². The Morgan fingerprint density at radius 3 is 2.89 bits per heavy atom. The van der Waals surface area contributed by atoms with E-state index in [0.717, 1.165) is 28.9 Å². The predicted molar refractivity (Wildman–Crippen MR) is 73.6 cm³/mol. The zero-order chi connectivity index (χ0) is 13.4. The molecule has 2 aromatic rings. The van der Waals surface area contributed by atoms with Gasteiger partial charge in [-0.25, -0.2) is 4.98 Å². The van der Waals surface area contributed by atoms with E-state index in [-0.39, 0.29) is 5.91 Å². The van der Waals surface area contributed by atoms with E-state index < -0.39 is 0 Å². The molecule has 0 unspecified atom stereocenters. The molecule has 3 rings (SSSR count). The maximum absolute atomic E-state index is 11.6. The van der Waals surface area contributed by atoms with Crippen LogP contribution in [0.4, 0.5) is 11.5 Å². The van der Waals surface area contributed by atoms with E-state index in [4.69, 9.17) is 5.73 Å². The molecule has 1 aliphatic rings. The van der Waals surface area contributed by atoms with Crippen molar-refractivity contribution in [1.82, 2.24) is 9.97 Å². The fraction of sp³-hybridized carbons (Fsp3) is 0.214. The average Bonchev–Trinajstić information content (AvgIpc) is 2.43. The number of hydrogen-bond donors (Lipinski definition) is 1. The first-order valence-electron chi connectivity index (χ1n) is 6.12. The molecule has 1 aromatic carbocycles. The highest BCUT2D eigenvalue weighted by Gasteiger charge is 2.21. The van der Waals surface area contributed by atoms with Gasteiger partial charge in [0.1, 0.15) is 5.82 Å². The zero-order valence-corrected chi connectivity index (χ0v) is 10.6. The van der Waals surface area contributed by atoms with Gasteiger partial charge in [-0.15, -0.1) is 0 Å². The number of aryl methyl sites for hydroxylation is 1. The summed E-state index contributed by atoms with van der Waals surface area (Å²) in [5, 5.41) is 0. The number of nitrogens with zero attached hydrogens (tertiary/aromatic N) is 3. The number of carbonyl (C=O) groups excluding carboxylic acids is 1. The first-order valence-corrected chi connectivity index (χ1v) is 6.12. The van der Waals surface area contributed by atoms with E-state index in [1.807, 2.05) is 12.1 Å². The standard InChI is InChI=1S/C14H14N4O/c1-18-12-4-2-9(6-10(12)3-5-14(18)19)11-7-16-8-13(15)17-11/h2,4,6-8H,3,5H2,1H3,(H2,15,17). The minimum absolute atomic E-state index is 0.156. The Morgan fingerprint density at radius 1 is 1.26 bits per heavy atom. The molecule has 19 heavy (non-hydrogen) atoms. The van der Waals surface area contributed by atoms with Crippen molar-refractivity contribution in [3.05, 3.63) is 36.2 Å². The molecule has 0 fully saturated rings. The number of aromatic nitrogens is 2. The van der Waals surface area contributed by atoms with Crippen LogP contribution in [0.15, 0.2) is 30.6 Å². The van der Waals surface area contributed by atoms with Crippen LogP contribution in [0.5, 0.6) is 0 Å². The Balaban J connectivity index is 2.05. The fourth-order valence-electron chi connectivity index (χ4n) is 2.34. The number of benzene rings is 1. The first-order chi connectivity index (χ1) is 9.15. The molecule has 1 aliphatic heterocycles. The van der Waals surface area contributed by atoms with Gasteiger partial charge in [0, 0.05) is 24.7 Å². The Labute approximate surface area is 111 Å². The summed E-state index contributed by atoms with van der Waals surface area (Å²) in [5.74, 6) is 0.562. The topological polar surface area (TPSA) is 72.1 Å². The van der Waals surface area contributed by atoms with Gasteiger partial charge >= 0.3 is 0 Å². The van der Waals surface area contributed by atoms with E-state index in [1.54, 1.807) is 18.1 Å². The van der Waals surface area contributed by atoms with Crippen molar-refractivity contribution in [2.75, 3.05) is 17.7 Å². The second-order valence-electron chi connectivity index (χ2n) is 4.63. The number of hydrogen-bond acceptors (Lipinski definition) is 4. The third-order valence-corrected chi connectivity index (χ3v) is 3.37. The lowest BCUT2D eigenvalue weighted by atomic mass is 9.98. The largest absolute Gasteiger partial charge is 0.382 e. The average molecular weight is 254 g/mol. The van der Waals surface area contributed by atoms with E-state index in [1.165, 1.54) is 6.20 Å². The molecule has 2 N–H and O–H groups in total. The van der Waals surface area contributed by atoms with E-state index in [9.17, 15) is 4.79 Å². The van der Waals surface area contributed by atoms with Gasteiger partial charge in [0.25, 0.3) is 0 Å². The molecule has 96 valence electrons. The highest BCUT2D eigenvalue weighted by atomic mass is 16.2. The number of amides is 1. The second-order valence-corrected chi connectivity index (χ2v) is 4.63. The van der Waals surface area contributed by atoms with Crippen LogP contribution in [0.1, 0.15) is 12.0 Å². The van der Waals surface area contributed by atoms with E-state index in [0.29, 0.717) is 12.2 Å². The number of anilines is 2. The molecular weight excluding hydrogens is 240 g/mol. The van der Waals surface area contributed by atoms with E-state index in [2.05, 4.69) is 16.0 Å². The predicted octanol–water partition coefficient (Wildman–Crippen LogP) is 1.63. The summed E-state index contributed by atoms with van der Waals surface area (Å²) in [6.45, 7) is 0. The molecule has 0 radical (unpaired) electrons. The van der Waals surface area contributed by atoms with Crippen molar-refractivity contribution in [3.63, 3.8) is 0 Å². The lowest BCUT2D eigenvalue weighted by Gasteiger charge is -2.26. The summed E-state index contributed by atoms with van der Waals surface area (Å²) >= 11 is 0. The Bertz CT molecular complexity index is 654. The van der Waals surface area contributed by atoms with Crippen LogP contribution in [0.2, 0.25) is 0 Å². The number of nitrogens with two attached hydrogens (primary N) is 1. The van der Waals surface area contributed by atoms with Crippen LogP contribution in [-0.4, -0.2) is 22.9 Å². The number of fused-ring (bicyclic) bond motifs is 1. The molecule has 0 saturated heterocycles. The summed E-state index contributed by atoms with van der Waals surface area (Å²) in [6.07, 6.45) is 4.53. The number of carbonyl (C=O) groups is 1. The van der Waals surface area contributed by atoms with Gasteiger partial charge in [-0.2, -0.15) is 0 Å². The third-order valence-electron chi connectivity index (χ3n) is 3.37. The van der Waals surface area contributed by atoms with Crippen molar-refractivity contribution in [1.29, 1.82) is 0 Å². The monoisotopic (exact) mass is 254 g/mol. The molecular formula is C14H14N4O. The van der Waals surface area contributed by atoms with Crippen molar-refractivity contribution in [2.45, 2.75) is 12.8 Å². The van der Waals surface area contributed by atoms with Crippen LogP contribution in [0.3, 0.4) is 0 Å². The Kier molecular flexibility index (Phi) is 2.67. The molecule has 1 amide bonds. The highest BCUT2D eigenvalue weighted by molar-refractivity contribution is 5.96. The fourth-order valence-corrected chi connectivity index (χ4v) is 2.34. The molecule has 0 aliphatic carbocycles. The Morgan fingerprint density at radius 2 is 2.11 bits per heavy atom. The molecule has 0 saturated carbocycles. The van der Waals surface area contributed by atoms with Gasteiger partial charge in [-0.1, -0.05) is 6.07 Å². The van der Waals surface area contributed by atoms with Crippen LogP contribution in [0.25, 0.3) is 11.3 Å². The minimum atomic E-state index is 0.156. The quantitative estimate of drug-likeness (QED) is 0.839. The third kappa shape index (κ3) is 2.03. The summed E-state index contributed by atoms with van der Waals surface area (Å²) in [6, 6.07) is 5.95. The lowest BCUT2D eigenvalue weighted by Crippen LogP contribution is -2.30. The second kappa shape index (κ2) is 4.35. The smallest absolute Gasteiger partial charge is 0.227 e. The number of nitrogen functional groups attached to an aromatic ring is 1. The molecule has 0 spiro atoms. The van der Waals surface area contributed by atoms with Gasteiger partial charge in [-0.3, -0.25) is 9.78 Å². The maximum atomic E-state index is 11.6. The molecule has 5 nitrogen and oxygen atoms in total. The van der Waals surface area contributed by atoms with Crippen LogP contribution in [-0.2, 0) is 11.2 Å². The van der Waals surface area contributed by atoms with Crippen LogP contribution < -0.4 is 10.6 Å². The molecule has 0 bridgehead atoms. The zero-order valence-electron chi connectivity index (χ0n) is 10.6. The lowest BCUT2D eigenvalue weighted by molar-refractivity contribution is -0.118. The van der Waals surface area contributed by atoms with Crippen molar-refractivity contribution in [3.8, 4) is 11.3 Å². The summed E-state index contributed by atoms with van der Waals surface area (Å²) in [5.41, 5.74) is 9.50. The first kappa shape index (κ1) is 11.6. The van der Waals surface area contributed by atoms with Gasteiger partial charge < -0.3 is 10.6 Å². The molecule has 0 atom stereocenters. The van der Waals surface area contributed by atoms with Crippen molar-refractivity contribution >= 4 is 17.4 Å². The van der Waals surface area contributed by atoms with Gasteiger partial charge in [0.05, 0.1) is 18.1 Å². The Hall–Kier alpha value is -2.43. The van der Waals surface area contributed by atoms with Crippen molar-refractivity contribution in [2.24, 2.45) is 0 Å². The molecule has 5 heteroatoms. The summed E-state index contributed by atoms with van der Waals surface area (Å²) < 4.78 is 0. The normalized spacial score (nSPS) is 14.4. The molecule has 1 aromatic heterocycles. The van der Waals surface area contributed by atoms with Crippen LogP contribution in [0, 0.1) is 0 Å². The van der Waals surface area contributed by atoms with Gasteiger partial charge in [-0.05, 0) is 24.1 Å². The SMILES string of the molecule is CN1C(=O)CCc2cc(-c3cncc(N)n3)ccc21. The van der Waals surface area contributed by atoms with E-state index >= 15 is 0 Å². The van der Waals surface area contributed by atoms with Gasteiger partial charge in [0.2, 0.25) is 5.91 Å². The maximum Gasteiger partial charge on any atom is 0.227 e. The number of rotatable bonds is 1. The summed E-state index contributed by atoms with van der Waals surface area (Å²) in [4.78, 5) is 21.7. The summed E-state index contributed by atoms with van der Waals surface area (Å²) in [7, 11) is 1.81. The highest BCUT2D eigenvalue weighted by Crippen LogP contribution is 2.30. The molecule has 2 heterocycles.